The van der Waals surface area contributed by atoms with Crippen molar-refractivity contribution in [1.29, 1.82) is 0 Å². The zero-order valence-electron chi connectivity index (χ0n) is 15.3. The summed E-state index contributed by atoms with van der Waals surface area (Å²) in [6, 6.07) is 5.36. The molecule has 0 bridgehead atoms. The van der Waals surface area contributed by atoms with Gasteiger partial charge < -0.3 is 19.4 Å². The Morgan fingerprint density at radius 3 is 2.85 bits per heavy atom. The molecule has 0 spiro atoms. The minimum Gasteiger partial charge on any atom is -0.491 e. The van der Waals surface area contributed by atoms with Gasteiger partial charge in [-0.2, -0.15) is 0 Å². The Kier molecular flexibility index (Phi) is 4.64. The highest BCUT2D eigenvalue weighted by molar-refractivity contribution is 5.55. The van der Waals surface area contributed by atoms with E-state index in [0.29, 0.717) is 18.2 Å². The number of rotatable bonds is 5. The van der Waals surface area contributed by atoms with Gasteiger partial charge in [-0.05, 0) is 6.07 Å². The van der Waals surface area contributed by atoms with E-state index >= 15 is 0 Å². The van der Waals surface area contributed by atoms with Gasteiger partial charge in [0.05, 0.1) is 25.6 Å². The van der Waals surface area contributed by atoms with Crippen LogP contribution < -0.4 is 14.9 Å². The molecule has 3 aromatic heterocycles. The van der Waals surface area contributed by atoms with Crippen molar-refractivity contribution in [2.45, 2.75) is 19.5 Å². The lowest BCUT2D eigenvalue weighted by Gasteiger charge is -2.25. The molecule has 0 amide bonds. The van der Waals surface area contributed by atoms with Gasteiger partial charge in [0.1, 0.15) is 5.82 Å². The summed E-state index contributed by atoms with van der Waals surface area (Å²) in [6.07, 6.45) is 4.22. The molecule has 0 aromatic carbocycles. The van der Waals surface area contributed by atoms with E-state index in [1.165, 1.54) is 7.11 Å². The van der Waals surface area contributed by atoms with Gasteiger partial charge in [-0.3, -0.25) is 9.69 Å². The molecule has 0 unspecified atom stereocenters. The van der Waals surface area contributed by atoms with Crippen molar-refractivity contribution >= 4 is 0 Å². The van der Waals surface area contributed by atoms with Crippen LogP contribution in [0.2, 0.25) is 0 Å². The van der Waals surface area contributed by atoms with Gasteiger partial charge >= 0.3 is 0 Å². The molecule has 0 saturated heterocycles. The summed E-state index contributed by atoms with van der Waals surface area (Å²) in [7, 11) is 3.09. The number of hydrogen-bond donors (Lipinski definition) is 2. The van der Waals surface area contributed by atoms with E-state index in [1.54, 1.807) is 25.6 Å². The molecule has 8 heteroatoms. The molecule has 27 heavy (non-hydrogen) atoms. The summed E-state index contributed by atoms with van der Waals surface area (Å²) < 4.78 is 10.1. The maximum Gasteiger partial charge on any atom is 0.223 e. The second kappa shape index (κ2) is 7.24. The van der Waals surface area contributed by atoms with Crippen LogP contribution in [0.15, 0.2) is 35.4 Å². The van der Waals surface area contributed by atoms with Crippen LogP contribution in [0.4, 0.5) is 0 Å². The van der Waals surface area contributed by atoms with E-state index in [1.807, 2.05) is 12.1 Å². The Bertz CT molecular complexity index is 993. The average molecular weight is 367 g/mol. The third-order valence-electron chi connectivity index (χ3n) is 4.68. The minimum absolute atomic E-state index is 0.111. The lowest BCUT2D eigenvalue weighted by Crippen LogP contribution is -2.30. The second-order valence-electron chi connectivity index (χ2n) is 6.45. The Labute approximate surface area is 156 Å². The summed E-state index contributed by atoms with van der Waals surface area (Å²) in [5, 5.41) is 0. The highest BCUT2D eigenvalue weighted by atomic mass is 16.5. The maximum atomic E-state index is 11.9. The number of aromatic nitrogens is 4. The first-order valence-electron chi connectivity index (χ1n) is 8.72. The standard InChI is InChI=1S/C19H21N5O3/c1-26-17-9-20-13(7-16(17)25)10-24-6-5-14-15(11-24)23-19(22-14)12-3-4-18(27-2)21-8-12/h3-4,7-9H,5-6,10-11H2,1-2H3,(H,20,25)(H,22,23). The molecule has 3 aromatic rings. The lowest BCUT2D eigenvalue weighted by molar-refractivity contribution is 0.238. The van der Waals surface area contributed by atoms with Gasteiger partial charge in [0.2, 0.25) is 11.3 Å². The summed E-state index contributed by atoms with van der Waals surface area (Å²) in [5.74, 6) is 1.72. The molecule has 0 radical (unpaired) electrons. The van der Waals surface area contributed by atoms with Crippen LogP contribution in [0, 0.1) is 0 Å². The first-order chi connectivity index (χ1) is 13.2. The fourth-order valence-corrected chi connectivity index (χ4v) is 3.25. The molecule has 0 aliphatic carbocycles. The monoisotopic (exact) mass is 367 g/mol. The number of aromatic amines is 2. The SMILES string of the molecule is COc1ccc(-c2nc3c([nH]2)CN(Cc2cc(=O)c(OC)c[nH]2)CC3)cn1. The van der Waals surface area contributed by atoms with Crippen LogP contribution in [-0.4, -0.2) is 45.6 Å². The third kappa shape index (κ3) is 3.56. The maximum absolute atomic E-state index is 11.9. The fourth-order valence-electron chi connectivity index (χ4n) is 3.25. The summed E-state index contributed by atoms with van der Waals surface area (Å²) in [5.41, 5.74) is 3.86. The molecule has 2 N–H and O–H groups in total. The molecule has 0 fully saturated rings. The summed E-state index contributed by atoms with van der Waals surface area (Å²) in [4.78, 5) is 29.7. The van der Waals surface area contributed by atoms with Gasteiger partial charge in [0.15, 0.2) is 5.75 Å². The molecule has 140 valence electrons. The van der Waals surface area contributed by atoms with Crippen LogP contribution in [0.1, 0.15) is 17.1 Å². The molecular formula is C19H21N5O3. The Morgan fingerprint density at radius 2 is 2.15 bits per heavy atom. The number of ether oxygens (including phenoxy) is 2. The highest BCUT2D eigenvalue weighted by Gasteiger charge is 2.21. The molecule has 4 rings (SSSR count). The summed E-state index contributed by atoms with van der Waals surface area (Å²) in [6.45, 7) is 2.29. The number of fused-ring (bicyclic) bond motifs is 1. The highest BCUT2D eigenvalue weighted by Crippen LogP contribution is 2.24. The molecule has 1 aliphatic heterocycles. The van der Waals surface area contributed by atoms with Gasteiger partial charge in [-0.25, -0.2) is 9.97 Å². The van der Waals surface area contributed by atoms with Gasteiger partial charge in [-0.15, -0.1) is 0 Å². The van der Waals surface area contributed by atoms with Crippen LogP contribution in [0.5, 0.6) is 11.6 Å². The smallest absolute Gasteiger partial charge is 0.223 e. The first-order valence-corrected chi connectivity index (χ1v) is 8.72. The van der Waals surface area contributed by atoms with E-state index in [9.17, 15) is 4.79 Å². The van der Waals surface area contributed by atoms with Crippen molar-refractivity contribution in [3.8, 4) is 23.0 Å². The molecule has 8 nitrogen and oxygen atoms in total. The number of imidazole rings is 1. The number of pyridine rings is 2. The van der Waals surface area contributed by atoms with E-state index in [2.05, 4.69) is 19.9 Å². The normalized spacial score (nSPS) is 14.0. The van der Waals surface area contributed by atoms with Crippen LogP contribution in [0.25, 0.3) is 11.4 Å². The predicted molar refractivity (Wildman–Crippen MR) is 99.8 cm³/mol. The largest absolute Gasteiger partial charge is 0.491 e. The van der Waals surface area contributed by atoms with Crippen molar-refractivity contribution in [3.05, 3.63) is 57.9 Å². The Balaban J connectivity index is 1.49. The van der Waals surface area contributed by atoms with Crippen molar-refractivity contribution in [2.75, 3.05) is 20.8 Å². The number of methoxy groups -OCH3 is 2. The summed E-state index contributed by atoms with van der Waals surface area (Å²) >= 11 is 0. The lowest BCUT2D eigenvalue weighted by atomic mass is 10.1. The van der Waals surface area contributed by atoms with Gasteiger partial charge in [0.25, 0.3) is 0 Å². The van der Waals surface area contributed by atoms with Crippen molar-refractivity contribution < 1.29 is 9.47 Å². The number of H-pyrrole nitrogens is 2. The number of hydrogen-bond acceptors (Lipinski definition) is 6. The molecule has 1 aliphatic rings. The van der Waals surface area contributed by atoms with Gasteiger partial charge in [-0.1, -0.05) is 0 Å². The van der Waals surface area contributed by atoms with Crippen molar-refractivity contribution in [2.24, 2.45) is 0 Å². The Hall–Kier alpha value is -3.13. The van der Waals surface area contributed by atoms with Gasteiger partial charge in [0, 0.05) is 61.8 Å². The number of nitrogens with one attached hydrogen (secondary N) is 2. The molecule has 4 heterocycles. The van der Waals surface area contributed by atoms with Crippen molar-refractivity contribution in [3.63, 3.8) is 0 Å². The zero-order valence-corrected chi connectivity index (χ0v) is 15.3. The van der Waals surface area contributed by atoms with Crippen LogP contribution >= 0.6 is 0 Å². The quantitative estimate of drug-likeness (QED) is 0.713. The van der Waals surface area contributed by atoms with E-state index < -0.39 is 0 Å². The van der Waals surface area contributed by atoms with Crippen LogP contribution in [-0.2, 0) is 19.5 Å². The topological polar surface area (TPSA) is 96.1 Å². The first kappa shape index (κ1) is 17.3. The fraction of sp³-hybridized carbons (Fsp3) is 0.316. The third-order valence-corrected chi connectivity index (χ3v) is 4.68. The van der Waals surface area contributed by atoms with Crippen LogP contribution in [0.3, 0.4) is 0 Å². The van der Waals surface area contributed by atoms with E-state index in [4.69, 9.17) is 14.5 Å². The van der Waals surface area contributed by atoms with E-state index in [0.717, 1.165) is 48.0 Å². The Morgan fingerprint density at radius 1 is 1.26 bits per heavy atom. The molecule has 0 atom stereocenters. The average Bonchev–Trinajstić information content (AvgIpc) is 3.11. The zero-order chi connectivity index (χ0) is 18.8. The number of nitrogens with zero attached hydrogens (tertiary/aromatic N) is 3. The van der Waals surface area contributed by atoms with Crippen molar-refractivity contribution in [1.82, 2.24) is 24.8 Å². The molecular weight excluding hydrogens is 346 g/mol. The minimum atomic E-state index is -0.111. The van der Waals surface area contributed by atoms with E-state index in [-0.39, 0.29) is 5.43 Å². The second-order valence-corrected chi connectivity index (χ2v) is 6.45. The predicted octanol–water partition coefficient (Wildman–Crippen LogP) is 1.74. The molecule has 0 saturated carbocycles.